The fourth-order valence-corrected chi connectivity index (χ4v) is 4.32. The number of hydrogen-bond acceptors (Lipinski definition) is 6. The van der Waals surface area contributed by atoms with Crippen molar-refractivity contribution in [3.8, 4) is 0 Å². The highest BCUT2D eigenvalue weighted by molar-refractivity contribution is 7.99. The second kappa shape index (κ2) is 11.9. The second-order valence-corrected chi connectivity index (χ2v) is 9.33. The summed E-state index contributed by atoms with van der Waals surface area (Å²) >= 11 is 7.27. The fourth-order valence-electron chi connectivity index (χ4n) is 3.35. The van der Waals surface area contributed by atoms with Crippen LogP contribution in [-0.4, -0.2) is 43.4 Å². The molecule has 184 valence electrons. The van der Waals surface area contributed by atoms with Crippen molar-refractivity contribution < 1.29 is 19.5 Å². The SMILES string of the molecule is CCn1c(SCC(=O)Nc2cc(C(=O)O)ccc2Cl)nnc1C(NC(=O)c1ccccc1)C(C)C. The van der Waals surface area contributed by atoms with Gasteiger partial charge in [-0.1, -0.05) is 55.4 Å². The summed E-state index contributed by atoms with van der Waals surface area (Å²) in [6, 6.07) is 12.7. The van der Waals surface area contributed by atoms with Crippen molar-refractivity contribution >= 4 is 46.8 Å². The molecule has 3 N–H and O–H groups in total. The Morgan fingerprint density at radius 2 is 1.80 bits per heavy atom. The fraction of sp³-hybridized carbons (Fsp3) is 0.292. The van der Waals surface area contributed by atoms with Gasteiger partial charge in [-0.2, -0.15) is 0 Å². The van der Waals surface area contributed by atoms with Gasteiger partial charge in [0.15, 0.2) is 11.0 Å². The number of carboxylic acid groups (broad SMARTS) is 1. The van der Waals surface area contributed by atoms with Crippen LogP contribution in [0.3, 0.4) is 0 Å². The van der Waals surface area contributed by atoms with E-state index in [0.717, 1.165) is 0 Å². The summed E-state index contributed by atoms with van der Waals surface area (Å²) in [5, 5.41) is 24.2. The van der Waals surface area contributed by atoms with Crippen LogP contribution < -0.4 is 10.6 Å². The molecule has 9 nitrogen and oxygen atoms in total. The van der Waals surface area contributed by atoms with Crippen molar-refractivity contribution in [2.24, 2.45) is 5.92 Å². The molecule has 0 aliphatic heterocycles. The zero-order chi connectivity index (χ0) is 25.5. The maximum absolute atomic E-state index is 12.7. The highest BCUT2D eigenvalue weighted by Crippen LogP contribution is 2.27. The first kappa shape index (κ1) is 26.2. The highest BCUT2D eigenvalue weighted by atomic mass is 35.5. The molecule has 2 amide bonds. The monoisotopic (exact) mass is 515 g/mol. The number of carbonyl (C=O) groups excluding carboxylic acids is 2. The Morgan fingerprint density at radius 1 is 1.09 bits per heavy atom. The lowest BCUT2D eigenvalue weighted by Gasteiger charge is -2.22. The van der Waals surface area contributed by atoms with Crippen molar-refractivity contribution in [1.29, 1.82) is 0 Å². The number of carboxylic acids is 1. The van der Waals surface area contributed by atoms with Gasteiger partial charge >= 0.3 is 5.97 Å². The van der Waals surface area contributed by atoms with Crippen LogP contribution in [0.5, 0.6) is 0 Å². The first-order chi connectivity index (χ1) is 16.7. The van der Waals surface area contributed by atoms with Gasteiger partial charge in [0.2, 0.25) is 5.91 Å². The Labute approximate surface area is 212 Å². The van der Waals surface area contributed by atoms with Crippen LogP contribution in [0.2, 0.25) is 5.02 Å². The van der Waals surface area contributed by atoms with Gasteiger partial charge in [0, 0.05) is 12.1 Å². The Balaban J connectivity index is 1.72. The molecule has 0 radical (unpaired) electrons. The van der Waals surface area contributed by atoms with Crippen molar-refractivity contribution in [2.75, 3.05) is 11.1 Å². The zero-order valence-electron chi connectivity index (χ0n) is 19.5. The molecule has 1 atom stereocenters. The lowest BCUT2D eigenvalue weighted by Crippen LogP contribution is -2.33. The number of thioether (sulfide) groups is 1. The van der Waals surface area contributed by atoms with Crippen LogP contribution in [0.4, 0.5) is 5.69 Å². The number of aromatic carboxylic acids is 1. The first-order valence-electron chi connectivity index (χ1n) is 11.0. The minimum Gasteiger partial charge on any atom is -0.478 e. The number of anilines is 1. The lowest BCUT2D eigenvalue weighted by molar-refractivity contribution is -0.113. The summed E-state index contributed by atoms with van der Waals surface area (Å²) in [5.41, 5.74) is 0.793. The molecule has 2 aromatic carbocycles. The van der Waals surface area contributed by atoms with E-state index in [2.05, 4.69) is 20.8 Å². The van der Waals surface area contributed by atoms with Gasteiger partial charge in [-0.25, -0.2) is 4.79 Å². The van der Waals surface area contributed by atoms with E-state index < -0.39 is 5.97 Å². The molecular formula is C24H26ClN5O4S. The lowest BCUT2D eigenvalue weighted by atomic mass is 10.0. The number of hydrogen-bond donors (Lipinski definition) is 3. The molecule has 0 bridgehead atoms. The molecule has 11 heteroatoms. The third-order valence-corrected chi connectivity index (χ3v) is 6.45. The van der Waals surface area contributed by atoms with Gasteiger partial charge in [-0.05, 0) is 43.2 Å². The van der Waals surface area contributed by atoms with Gasteiger partial charge in [0.25, 0.3) is 5.91 Å². The van der Waals surface area contributed by atoms with E-state index in [1.54, 1.807) is 24.3 Å². The molecule has 3 aromatic rings. The Kier molecular flexibility index (Phi) is 8.89. The van der Waals surface area contributed by atoms with Crippen molar-refractivity contribution in [1.82, 2.24) is 20.1 Å². The largest absolute Gasteiger partial charge is 0.478 e. The number of carbonyl (C=O) groups is 3. The average molecular weight is 516 g/mol. The number of rotatable bonds is 10. The number of nitrogens with one attached hydrogen (secondary N) is 2. The molecule has 35 heavy (non-hydrogen) atoms. The summed E-state index contributed by atoms with van der Waals surface area (Å²) in [5.74, 6) is -1.04. The van der Waals surface area contributed by atoms with Crippen LogP contribution in [-0.2, 0) is 11.3 Å². The maximum atomic E-state index is 12.7. The number of benzene rings is 2. The molecule has 0 saturated carbocycles. The summed E-state index contributed by atoms with van der Waals surface area (Å²) in [6.45, 7) is 6.45. The van der Waals surface area contributed by atoms with Crippen LogP contribution in [0, 0.1) is 5.92 Å². The van der Waals surface area contributed by atoms with Gasteiger partial charge in [0.05, 0.1) is 28.1 Å². The topological polar surface area (TPSA) is 126 Å². The minimum absolute atomic E-state index is 0.00841. The maximum Gasteiger partial charge on any atom is 0.335 e. The van der Waals surface area contributed by atoms with E-state index in [-0.39, 0.29) is 45.8 Å². The molecule has 0 saturated heterocycles. The predicted octanol–water partition coefficient (Wildman–Crippen LogP) is 4.51. The Bertz CT molecular complexity index is 1220. The van der Waals surface area contributed by atoms with Crippen LogP contribution in [0.15, 0.2) is 53.7 Å². The predicted molar refractivity (Wildman–Crippen MR) is 135 cm³/mol. The molecule has 3 rings (SSSR count). The standard InChI is InChI=1S/C24H26ClN5O4S/c1-4-30-21(20(14(2)3)27-22(32)15-8-6-5-7-9-15)28-29-24(30)35-13-19(31)26-18-12-16(23(33)34)10-11-17(18)25/h5-12,14,20H,4,13H2,1-3H3,(H,26,31)(H,27,32)(H,33,34). The van der Waals surface area contributed by atoms with Gasteiger partial charge in [-0.15, -0.1) is 10.2 Å². The summed E-state index contributed by atoms with van der Waals surface area (Å²) in [6.07, 6.45) is 0. The zero-order valence-corrected chi connectivity index (χ0v) is 21.1. The second-order valence-electron chi connectivity index (χ2n) is 7.98. The van der Waals surface area contributed by atoms with Crippen LogP contribution in [0.1, 0.15) is 53.4 Å². The van der Waals surface area contributed by atoms with Gasteiger partial charge in [-0.3, -0.25) is 9.59 Å². The van der Waals surface area contributed by atoms with E-state index in [1.165, 1.54) is 30.0 Å². The Hall–Kier alpha value is -3.37. The summed E-state index contributed by atoms with van der Waals surface area (Å²) in [4.78, 5) is 36.4. The number of nitrogens with zero attached hydrogens (tertiary/aromatic N) is 3. The molecule has 1 heterocycles. The van der Waals surface area contributed by atoms with Crippen LogP contribution in [0.25, 0.3) is 0 Å². The molecule has 1 aromatic heterocycles. The van der Waals surface area contributed by atoms with Crippen LogP contribution >= 0.6 is 23.4 Å². The molecular weight excluding hydrogens is 490 g/mol. The molecule has 0 fully saturated rings. The van der Waals surface area contributed by atoms with Crippen molar-refractivity contribution in [2.45, 2.75) is 38.5 Å². The van der Waals surface area contributed by atoms with E-state index in [4.69, 9.17) is 16.7 Å². The summed E-state index contributed by atoms with van der Waals surface area (Å²) in [7, 11) is 0. The quantitative estimate of drug-likeness (QED) is 0.339. The first-order valence-corrected chi connectivity index (χ1v) is 12.3. The normalized spacial score (nSPS) is 11.8. The van der Waals surface area contributed by atoms with Crippen molar-refractivity contribution in [3.05, 3.63) is 70.5 Å². The number of aromatic nitrogens is 3. The van der Waals surface area contributed by atoms with Gasteiger partial charge < -0.3 is 20.3 Å². The number of amides is 2. The third-order valence-electron chi connectivity index (χ3n) is 5.15. The Morgan fingerprint density at radius 3 is 2.43 bits per heavy atom. The molecule has 0 aliphatic carbocycles. The third kappa shape index (κ3) is 6.61. The number of halogens is 1. The van der Waals surface area contributed by atoms with E-state index >= 15 is 0 Å². The van der Waals surface area contributed by atoms with E-state index in [1.807, 2.05) is 31.4 Å². The summed E-state index contributed by atoms with van der Waals surface area (Å²) < 4.78 is 1.87. The van der Waals surface area contributed by atoms with Crippen molar-refractivity contribution in [3.63, 3.8) is 0 Å². The molecule has 0 aliphatic rings. The highest BCUT2D eigenvalue weighted by Gasteiger charge is 2.26. The molecule has 1 unspecified atom stereocenters. The van der Waals surface area contributed by atoms with Gasteiger partial charge in [0.1, 0.15) is 0 Å². The van der Waals surface area contributed by atoms with E-state index in [9.17, 15) is 14.4 Å². The molecule has 0 spiro atoms. The average Bonchev–Trinajstić information content (AvgIpc) is 3.25. The van der Waals surface area contributed by atoms with E-state index in [0.29, 0.717) is 23.1 Å². The minimum atomic E-state index is -1.12. The smallest absolute Gasteiger partial charge is 0.335 e.